The number of aryl methyl sites for hydroxylation is 1. The summed E-state index contributed by atoms with van der Waals surface area (Å²) >= 11 is 0. The molecule has 0 unspecified atom stereocenters. The standard InChI is InChI=1S/C13H18N6O3/c1-7(2)19-6-14-17-10(19)8(3)15-11(20)9-5-18(4)13(22)16-12(9)21/h5-8H,1-4H3,(H,15,20)(H,16,21,22)/t8-/m1/s1. The van der Waals surface area contributed by atoms with Crippen LogP contribution in [0, 0.1) is 0 Å². The van der Waals surface area contributed by atoms with Gasteiger partial charge in [-0.05, 0) is 20.8 Å². The topological polar surface area (TPSA) is 115 Å². The van der Waals surface area contributed by atoms with Gasteiger partial charge in [0.1, 0.15) is 11.9 Å². The van der Waals surface area contributed by atoms with E-state index in [-0.39, 0.29) is 11.6 Å². The van der Waals surface area contributed by atoms with Gasteiger partial charge in [0, 0.05) is 19.3 Å². The van der Waals surface area contributed by atoms with Crippen molar-refractivity contribution in [3.05, 3.63) is 44.8 Å². The smallest absolute Gasteiger partial charge is 0.328 e. The minimum absolute atomic E-state index is 0.135. The minimum Gasteiger partial charge on any atom is -0.342 e. The number of aromatic amines is 1. The molecule has 22 heavy (non-hydrogen) atoms. The zero-order chi connectivity index (χ0) is 16.4. The summed E-state index contributed by atoms with van der Waals surface area (Å²) in [5.74, 6) is 0.00672. The lowest BCUT2D eigenvalue weighted by atomic mass is 10.2. The Morgan fingerprint density at radius 3 is 2.64 bits per heavy atom. The molecule has 2 aromatic rings. The van der Waals surface area contributed by atoms with Crippen LogP contribution >= 0.6 is 0 Å². The van der Waals surface area contributed by atoms with Gasteiger partial charge in [0.2, 0.25) is 0 Å². The van der Waals surface area contributed by atoms with Crippen LogP contribution in [0.25, 0.3) is 0 Å². The van der Waals surface area contributed by atoms with Crippen molar-refractivity contribution in [2.75, 3.05) is 0 Å². The van der Waals surface area contributed by atoms with E-state index in [1.54, 1.807) is 13.3 Å². The highest BCUT2D eigenvalue weighted by Gasteiger charge is 2.20. The second-order valence-corrected chi connectivity index (χ2v) is 5.30. The summed E-state index contributed by atoms with van der Waals surface area (Å²) in [6.07, 6.45) is 2.79. The maximum absolute atomic E-state index is 12.2. The summed E-state index contributed by atoms with van der Waals surface area (Å²) < 4.78 is 2.97. The van der Waals surface area contributed by atoms with Crippen molar-refractivity contribution in [3.63, 3.8) is 0 Å². The van der Waals surface area contributed by atoms with Crippen molar-refractivity contribution in [3.8, 4) is 0 Å². The molecule has 0 saturated heterocycles. The molecule has 0 aliphatic carbocycles. The fraction of sp³-hybridized carbons (Fsp3) is 0.462. The van der Waals surface area contributed by atoms with Gasteiger partial charge in [0.15, 0.2) is 5.82 Å². The summed E-state index contributed by atoms with van der Waals surface area (Å²) in [5, 5.41) is 10.5. The molecule has 0 aliphatic rings. The van der Waals surface area contributed by atoms with E-state index in [2.05, 4.69) is 20.5 Å². The Hall–Kier alpha value is -2.71. The quantitative estimate of drug-likeness (QED) is 0.807. The zero-order valence-electron chi connectivity index (χ0n) is 12.8. The lowest BCUT2D eigenvalue weighted by Crippen LogP contribution is -2.37. The van der Waals surface area contributed by atoms with Gasteiger partial charge in [-0.1, -0.05) is 0 Å². The first kappa shape index (κ1) is 15.7. The van der Waals surface area contributed by atoms with Crippen molar-refractivity contribution in [2.24, 2.45) is 7.05 Å². The fourth-order valence-electron chi connectivity index (χ4n) is 2.02. The van der Waals surface area contributed by atoms with Gasteiger partial charge in [-0.3, -0.25) is 14.6 Å². The first-order chi connectivity index (χ1) is 10.3. The Morgan fingerprint density at radius 1 is 1.32 bits per heavy atom. The third-order valence-corrected chi connectivity index (χ3v) is 3.24. The lowest BCUT2D eigenvalue weighted by Gasteiger charge is -2.16. The van der Waals surface area contributed by atoms with E-state index in [4.69, 9.17) is 0 Å². The van der Waals surface area contributed by atoms with E-state index >= 15 is 0 Å². The first-order valence-corrected chi connectivity index (χ1v) is 6.81. The Labute approximate surface area is 126 Å². The van der Waals surface area contributed by atoms with Crippen molar-refractivity contribution >= 4 is 5.91 Å². The largest absolute Gasteiger partial charge is 0.342 e. The highest BCUT2D eigenvalue weighted by molar-refractivity contribution is 5.93. The van der Waals surface area contributed by atoms with Crippen LogP contribution in [-0.4, -0.2) is 30.2 Å². The highest BCUT2D eigenvalue weighted by atomic mass is 16.2. The van der Waals surface area contributed by atoms with Gasteiger partial charge in [0.25, 0.3) is 11.5 Å². The number of amides is 1. The van der Waals surface area contributed by atoms with Gasteiger partial charge >= 0.3 is 5.69 Å². The monoisotopic (exact) mass is 306 g/mol. The van der Waals surface area contributed by atoms with Crippen molar-refractivity contribution in [1.29, 1.82) is 0 Å². The van der Waals surface area contributed by atoms with Gasteiger partial charge in [0.05, 0.1) is 6.04 Å². The first-order valence-electron chi connectivity index (χ1n) is 6.81. The zero-order valence-corrected chi connectivity index (χ0v) is 12.8. The van der Waals surface area contributed by atoms with Crippen LogP contribution in [0.5, 0.6) is 0 Å². The summed E-state index contributed by atoms with van der Waals surface area (Å²) in [4.78, 5) is 37.3. The Balaban J connectivity index is 2.25. The number of hydrogen-bond donors (Lipinski definition) is 2. The molecular weight excluding hydrogens is 288 g/mol. The van der Waals surface area contributed by atoms with Crippen LogP contribution < -0.4 is 16.6 Å². The maximum Gasteiger partial charge on any atom is 0.328 e. The van der Waals surface area contributed by atoms with Crippen LogP contribution in [0.15, 0.2) is 22.1 Å². The molecule has 2 aromatic heterocycles. The maximum atomic E-state index is 12.2. The summed E-state index contributed by atoms with van der Waals surface area (Å²) in [6, 6.07) is -0.292. The van der Waals surface area contributed by atoms with Crippen LogP contribution in [0.1, 0.15) is 49.0 Å². The van der Waals surface area contributed by atoms with Gasteiger partial charge in [-0.25, -0.2) is 4.79 Å². The van der Waals surface area contributed by atoms with E-state index in [1.807, 2.05) is 18.4 Å². The Kier molecular flexibility index (Phi) is 4.25. The lowest BCUT2D eigenvalue weighted by molar-refractivity contribution is 0.0934. The average Bonchev–Trinajstić information content (AvgIpc) is 2.92. The number of hydrogen-bond acceptors (Lipinski definition) is 5. The third kappa shape index (κ3) is 2.97. The average molecular weight is 306 g/mol. The number of aromatic nitrogens is 5. The van der Waals surface area contributed by atoms with E-state index in [0.29, 0.717) is 5.82 Å². The molecule has 2 rings (SSSR count). The number of carbonyl (C=O) groups excluding carboxylic acids is 1. The molecule has 118 valence electrons. The number of carbonyl (C=O) groups is 1. The molecule has 0 aromatic carbocycles. The molecule has 0 radical (unpaired) electrons. The summed E-state index contributed by atoms with van der Waals surface area (Å²) in [7, 11) is 1.45. The van der Waals surface area contributed by atoms with Crippen LogP contribution in [-0.2, 0) is 7.05 Å². The number of rotatable bonds is 4. The molecule has 0 aliphatic heterocycles. The van der Waals surface area contributed by atoms with E-state index < -0.39 is 23.2 Å². The molecule has 1 atom stereocenters. The molecule has 0 saturated carbocycles. The number of H-pyrrole nitrogens is 1. The Bertz CT molecular complexity index is 801. The van der Waals surface area contributed by atoms with Crippen LogP contribution in [0.2, 0.25) is 0 Å². The molecule has 9 heteroatoms. The molecular formula is C13H18N6O3. The second-order valence-electron chi connectivity index (χ2n) is 5.30. The molecule has 9 nitrogen and oxygen atoms in total. The molecule has 2 N–H and O–H groups in total. The van der Waals surface area contributed by atoms with Crippen LogP contribution in [0.3, 0.4) is 0 Å². The summed E-state index contributed by atoms with van der Waals surface area (Å²) in [5.41, 5.74) is -1.43. The number of nitrogens with zero attached hydrogens (tertiary/aromatic N) is 4. The summed E-state index contributed by atoms with van der Waals surface area (Å²) in [6.45, 7) is 5.69. The molecule has 0 bridgehead atoms. The van der Waals surface area contributed by atoms with Crippen LogP contribution in [0.4, 0.5) is 0 Å². The molecule has 0 fully saturated rings. The fourth-order valence-corrected chi connectivity index (χ4v) is 2.02. The second kappa shape index (κ2) is 5.96. The minimum atomic E-state index is -0.724. The molecule has 2 heterocycles. The predicted octanol–water partition coefficient (Wildman–Crippen LogP) is -0.263. The number of nitrogens with one attached hydrogen (secondary N) is 2. The van der Waals surface area contributed by atoms with Gasteiger partial charge in [-0.15, -0.1) is 10.2 Å². The van der Waals surface area contributed by atoms with E-state index in [9.17, 15) is 14.4 Å². The highest BCUT2D eigenvalue weighted by Crippen LogP contribution is 2.14. The molecule has 1 amide bonds. The van der Waals surface area contributed by atoms with Gasteiger partial charge < -0.3 is 14.5 Å². The van der Waals surface area contributed by atoms with E-state index in [1.165, 1.54) is 13.2 Å². The van der Waals surface area contributed by atoms with Crippen molar-refractivity contribution in [2.45, 2.75) is 32.9 Å². The van der Waals surface area contributed by atoms with Crippen molar-refractivity contribution in [1.82, 2.24) is 29.6 Å². The van der Waals surface area contributed by atoms with Crippen molar-refractivity contribution < 1.29 is 4.79 Å². The SMILES string of the molecule is CC(C)n1cnnc1[C@@H](C)NC(=O)c1cn(C)c(=O)[nH]c1=O. The normalized spacial score (nSPS) is 12.4. The Morgan fingerprint density at radius 2 is 2.00 bits per heavy atom. The van der Waals surface area contributed by atoms with Gasteiger partial charge in [-0.2, -0.15) is 0 Å². The third-order valence-electron chi connectivity index (χ3n) is 3.24. The van der Waals surface area contributed by atoms with E-state index in [0.717, 1.165) is 4.57 Å². The molecule has 0 spiro atoms. The predicted molar refractivity (Wildman–Crippen MR) is 78.6 cm³/mol.